The van der Waals surface area contributed by atoms with Crippen LogP contribution in [0.25, 0.3) is 66.0 Å². The Kier molecular flexibility index (Phi) is 8.78. The van der Waals surface area contributed by atoms with E-state index in [1.165, 1.54) is 10.8 Å². The molecule has 0 atom stereocenters. The second-order valence-electron chi connectivity index (χ2n) is 14.4. The van der Waals surface area contributed by atoms with Gasteiger partial charge in [0.1, 0.15) is 5.58 Å². The van der Waals surface area contributed by atoms with Crippen LogP contribution in [-0.4, -0.2) is 18.0 Å². The largest absolute Gasteiger partial charge is 0.500 e. The number of benzene rings is 5. The maximum absolute atomic E-state index is 8.60. The molecule has 253 valence electrons. The van der Waals surface area contributed by atoms with E-state index < -0.39 is 25.9 Å². The van der Waals surface area contributed by atoms with Gasteiger partial charge in [-0.15, -0.1) is 54.1 Å². The van der Waals surface area contributed by atoms with Crippen LogP contribution in [0.15, 0.2) is 126 Å². The van der Waals surface area contributed by atoms with E-state index in [0.717, 1.165) is 55.2 Å². The minimum atomic E-state index is -2.07. The quantitative estimate of drug-likeness (QED) is 0.0984. The Morgan fingerprint density at radius 2 is 1.34 bits per heavy atom. The predicted octanol–water partition coefficient (Wildman–Crippen LogP) is 12.3. The van der Waals surface area contributed by atoms with E-state index in [1.807, 2.05) is 101 Å². The van der Waals surface area contributed by atoms with Crippen molar-refractivity contribution in [2.75, 3.05) is 0 Å². The maximum Gasteiger partial charge on any atom is 0.129 e. The van der Waals surface area contributed by atoms with Gasteiger partial charge < -0.3 is 14.4 Å². The van der Waals surface area contributed by atoms with Gasteiger partial charge in [0, 0.05) is 56.8 Å². The smallest absolute Gasteiger partial charge is 0.129 e. The van der Waals surface area contributed by atoms with E-state index in [1.54, 1.807) is 12.4 Å². The summed E-state index contributed by atoms with van der Waals surface area (Å²) in [5.41, 5.74) is 5.66. The molecule has 0 aliphatic carbocycles. The van der Waals surface area contributed by atoms with E-state index in [2.05, 4.69) is 70.6 Å². The zero-order valence-corrected chi connectivity index (χ0v) is 32.6. The summed E-state index contributed by atoms with van der Waals surface area (Å²) in [5, 5.41) is 6.72. The Bertz CT molecular complexity index is 2580. The molecule has 8 rings (SSSR count). The summed E-state index contributed by atoms with van der Waals surface area (Å²) < 4.78 is 40.2. The molecule has 0 aliphatic heterocycles. The van der Waals surface area contributed by atoms with E-state index in [9.17, 15) is 0 Å². The van der Waals surface area contributed by atoms with Gasteiger partial charge in [0.15, 0.2) is 0 Å². The topological polar surface area (TPSA) is 38.9 Å². The van der Waals surface area contributed by atoms with Gasteiger partial charge in [-0.05, 0) is 56.5 Å². The first-order valence-corrected chi connectivity index (χ1v) is 20.2. The zero-order chi connectivity index (χ0) is 37.8. The predicted molar refractivity (Wildman–Crippen MR) is 210 cm³/mol. The molecule has 5 aromatic carbocycles. The molecule has 50 heavy (non-hydrogen) atoms. The Morgan fingerprint density at radius 1 is 0.660 bits per heavy atom. The van der Waals surface area contributed by atoms with Gasteiger partial charge in [-0.1, -0.05) is 124 Å². The second kappa shape index (κ2) is 14.4. The average Bonchev–Trinajstić information content (AvgIpc) is 3.54. The molecule has 0 saturated heterocycles. The molecule has 3 heterocycles. The third-order valence-electron chi connectivity index (χ3n) is 8.11. The number of rotatable bonds is 5. The molecule has 0 amide bonds. The fraction of sp³-hybridized carbons (Fsp3) is 0.200. The van der Waals surface area contributed by atoms with Crippen molar-refractivity contribution in [3.05, 3.63) is 145 Å². The first-order chi connectivity index (χ1) is 25.1. The molecule has 0 fully saturated rings. The minimum Gasteiger partial charge on any atom is -0.500 e. The SMILES string of the molecule is [2H]C([2H])(c1ccc(-c2[c-]ccc3c2oc2c3ccc3ccc4ccccc4c32)nc1)[Si](C)(C)C.[2H]C([2H])(c1ccc(-c2[c-]cccc2)nc1)C(C)(C)C.[Ir]. The number of furan rings is 1. The molecule has 3 aromatic heterocycles. The summed E-state index contributed by atoms with van der Waals surface area (Å²) in [6.45, 7) is 11.8. The zero-order valence-electron chi connectivity index (χ0n) is 33.2. The first-order valence-electron chi connectivity index (χ1n) is 18.7. The number of aromatic nitrogens is 2. The van der Waals surface area contributed by atoms with Crippen molar-refractivity contribution >= 4 is 51.6 Å². The van der Waals surface area contributed by atoms with Gasteiger partial charge in [-0.3, -0.25) is 0 Å². The number of hydrogen-bond acceptors (Lipinski definition) is 3. The van der Waals surface area contributed by atoms with Crippen molar-refractivity contribution in [2.45, 2.75) is 52.8 Å². The molecule has 8 aromatic rings. The van der Waals surface area contributed by atoms with Crippen molar-refractivity contribution in [2.24, 2.45) is 5.41 Å². The molecule has 3 nitrogen and oxygen atoms in total. The van der Waals surface area contributed by atoms with E-state index >= 15 is 0 Å². The van der Waals surface area contributed by atoms with Crippen LogP contribution in [0.4, 0.5) is 0 Å². The van der Waals surface area contributed by atoms with Gasteiger partial charge in [-0.25, -0.2) is 0 Å². The summed E-state index contributed by atoms with van der Waals surface area (Å²) >= 11 is 0. The Labute approximate surface area is 315 Å². The van der Waals surface area contributed by atoms with Gasteiger partial charge >= 0.3 is 0 Å². The number of hydrogen-bond donors (Lipinski definition) is 0. The minimum absolute atomic E-state index is 0. The summed E-state index contributed by atoms with van der Waals surface area (Å²) in [6, 6.07) is 42.4. The molecule has 5 heteroatoms. The molecule has 0 N–H and O–H groups in total. The fourth-order valence-electron chi connectivity index (χ4n) is 6.14. The van der Waals surface area contributed by atoms with Crippen molar-refractivity contribution in [1.82, 2.24) is 9.97 Å². The van der Waals surface area contributed by atoms with Gasteiger partial charge in [0.05, 0.1) is 5.58 Å². The van der Waals surface area contributed by atoms with Crippen molar-refractivity contribution in [3.8, 4) is 22.5 Å². The summed E-state index contributed by atoms with van der Waals surface area (Å²) in [6.07, 6.45) is 1.90. The van der Waals surface area contributed by atoms with Crippen LogP contribution in [0.5, 0.6) is 0 Å². The number of fused-ring (bicyclic) bond motifs is 7. The van der Waals surface area contributed by atoms with Crippen molar-refractivity contribution in [1.29, 1.82) is 0 Å². The summed E-state index contributed by atoms with van der Waals surface area (Å²) in [5.74, 6) is -1.35. The summed E-state index contributed by atoms with van der Waals surface area (Å²) in [7, 11) is -2.07. The Balaban J connectivity index is 0.000000213. The number of nitrogens with zero attached hydrogens (tertiary/aromatic N) is 2. The molecule has 0 unspecified atom stereocenters. The number of pyridine rings is 2. The van der Waals surface area contributed by atoms with E-state index in [0.29, 0.717) is 11.1 Å². The van der Waals surface area contributed by atoms with Gasteiger partial charge in [0.2, 0.25) is 0 Å². The first kappa shape index (κ1) is 30.4. The van der Waals surface area contributed by atoms with Gasteiger partial charge in [-0.2, -0.15) is 0 Å². The van der Waals surface area contributed by atoms with Gasteiger partial charge in [0.25, 0.3) is 0 Å². The average molecular weight is 851 g/mol. The van der Waals surface area contributed by atoms with Crippen molar-refractivity contribution < 1.29 is 30.0 Å². The van der Waals surface area contributed by atoms with E-state index in [4.69, 9.17) is 9.90 Å². The van der Waals surface area contributed by atoms with E-state index in [-0.39, 0.29) is 20.1 Å². The molecule has 0 spiro atoms. The van der Waals surface area contributed by atoms with Crippen LogP contribution in [0, 0.1) is 17.5 Å². The molecule has 1 radical (unpaired) electrons. The van der Waals surface area contributed by atoms with Crippen molar-refractivity contribution in [3.63, 3.8) is 0 Å². The standard InChI is InChI=1S/C29H24NOSi.C16H18N.Ir/c1-32(2,3)18-19-11-16-26(30-17-19)25-10-6-9-23-24-15-14-21-13-12-20-7-4-5-8-22(20)27(21)29(24)31-28(23)25;1-16(2,3)11-13-9-10-15(17-12-13)14-7-5-4-6-8-14;/h4-9,11-17H,18H2,1-3H3;4-7,9-10,12H,11H2,1-3H3;/q2*-1;/i18D2;11D2;. The molecule has 0 saturated carbocycles. The Morgan fingerprint density at radius 3 is 2.04 bits per heavy atom. The van der Waals surface area contributed by atoms with Crippen LogP contribution in [0.1, 0.15) is 37.4 Å². The molecular formula is C45H42IrN2OSi-2. The molecule has 0 aliphatic rings. The van der Waals surface area contributed by atoms with Crippen LogP contribution in [0.2, 0.25) is 19.6 Å². The molecular weight excluding hydrogens is 805 g/mol. The maximum atomic E-state index is 8.60. The van der Waals surface area contributed by atoms with Crippen LogP contribution >= 0.6 is 0 Å². The summed E-state index contributed by atoms with van der Waals surface area (Å²) in [4.78, 5) is 9.01. The molecule has 0 bridgehead atoms. The van der Waals surface area contributed by atoms with Crippen LogP contribution in [0.3, 0.4) is 0 Å². The van der Waals surface area contributed by atoms with Crippen LogP contribution < -0.4 is 0 Å². The Hall–Kier alpha value is -4.41. The van der Waals surface area contributed by atoms with Crippen LogP contribution in [-0.2, 0) is 32.5 Å². The third kappa shape index (κ3) is 7.81. The third-order valence-corrected chi connectivity index (χ3v) is 9.15. The second-order valence-corrected chi connectivity index (χ2v) is 19.2. The normalized spacial score (nSPS) is 13.6. The fourth-order valence-corrected chi connectivity index (χ4v) is 7.15. The monoisotopic (exact) mass is 851 g/mol.